The summed E-state index contributed by atoms with van der Waals surface area (Å²) < 4.78 is 5.68. The molecule has 0 aliphatic carbocycles. The van der Waals surface area contributed by atoms with Crippen LogP contribution in [0.4, 0.5) is 0 Å². The van der Waals surface area contributed by atoms with E-state index in [0.29, 0.717) is 6.10 Å². The van der Waals surface area contributed by atoms with E-state index in [-0.39, 0.29) is 0 Å². The van der Waals surface area contributed by atoms with Crippen LogP contribution in [0, 0.1) is 0 Å². The Morgan fingerprint density at radius 1 is 1.33 bits per heavy atom. The van der Waals surface area contributed by atoms with E-state index >= 15 is 0 Å². The Bertz CT molecular complexity index is 153. The summed E-state index contributed by atoms with van der Waals surface area (Å²) >= 11 is 5.65. The average molecular weight is 234 g/mol. The molecule has 1 saturated heterocycles. The minimum Gasteiger partial charge on any atom is -0.377 e. The lowest BCUT2D eigenvalue weighted by molar-refractivity contribution is 0.00561. The molecule has 90 valence electrons. The Kier molecular flexibility index (Phi) is 7.41. The summed E-state index contributed by atoms with van der Waals surface area (Å²) in [7, 11) is 0. The van der Waals surface area contributed by atoms with Crippen LogP contribution in [0.15, 0.2) is 0 Å². The molecule has 0 radical (unpaired) electrons. The van der Waals surface area contributed by atoms with E-state index < -0.39 is 0 Å². The number of unbranched alkanes of at least 4 members (excludes halogenated alkanes) is 2. The summed E-state index contributed by atoms with van der Waals surface area (Å²) in [6.45, 7) is 6.55. The van der Waals surface area contributed by atoms with Gasteiger partial charge >= 0.3 is 0 Å². The molecular formula is C12H24ClNO. The van der Waals surface area contributed by atoms with Crippen molar-refractivity contribution in [3.63, 3.8) is 0 Å². The van der Waals surface area contributed by atoms with Gasteiger partial charge in [0.05, 0.1) is 6.10 Å². The first-order valence-corrected chi connectivity index (χ1v) is 6.80. The normalized spacial score (nSPS) is 23.2. The van der Waals surface area contributed by atoms with Gasteiger partial charge in [-0.25, -0.2) is 0 Å². The number of piperidine rings is 1. The van der Waals surface area contributed by atoms with Gasteiger partial charge < -0.3 is 9.64 Å². The lowest BCUT2D eigenvalue weighted by atomic mass is 10.1. The summed E-state index contributed by atoms with van der Waals surface area (Å²) in [5, 5.41) is 0. The largest absolute Gasteiger partial charge is 0.377 e. The van der Waals surface area contributed by atoms with Gasteiger partial charge in [-0.15, -0.1) is 11.6 Å². The molecule has 1 heterocycles. The van der Waals surface area contributed by atoms with E-state index in [2.05, 4.69) is 11.8 Å². The van der Waals surface area contributed by atoms with Crippen LogP contribution in [0.5, 0.6) is 0 Å². The maximum absolute atomic E-state index is 5.68. The number of halogens is 1. The molecule has 0 saturated carbocycles. The lowest BCUT2D eigenvalue weighted by Crippen LogP contribution is -2.40. The third kappa shape index (κ3) is 5.74. The highest BCUT2D eigenvalue weighted by Crippen LogP contribution is 2.14. The minimum absolute atomic E-state index is 0.483. The van der Waals surface area contributed by atoms with Gasteiger partial charge in [-0.05, 0) is 45.7 Å². The van der Waals surface area contributed by atoms with E-state index in [1.807, 2.05) is 0 Å². The number of alkyl halides is 1. The SMILES string of the molecule is CCOC1CCCN(CCCCCCl)C1. The number of rotatable bonds is 7. The van der Waals surface area contributed by atoms with E-state index in [1.165, 1.54) is 38.8 Å². The van der Waals surface area contributed by atoms with Crippen molar-refractivity contribution in [1.82, 2.24) is 4.90 Å². The van der Waals surface area contributed by atoms with Gasteiger partial charge in [0.25, 0.3) is 0 Å². The lowest BCUT2D eigenvalue weighted by Gasteiger charge is -2.32. The van der Waals surface area contributed by atoms with Crippen molar-refractivity contribution in [1.29, 1.82) is 0 Å². The topological polar surface area (TPSA) is 12.5 Å². The van der Waals surface area contributed by atoms with Crippen LogP contribution in [0.25, 0.3) is 0 Å². The number of hydrogen-bond donors (Lipinski definition) is 0. The predicted molar refractivity (Wildman–Crippen MR) is 65.7 cm³/mol. The third-order valence-electron chi connectivity index (χ3n) is 2.97. The quantitative estimate of drug-likeness (QED) is 0.495. The van der Waals surface area contributed by atoms with Crippen molar-refractivity contribution in [2.45, 2.75) is 45.1 Å². The third-order valence-corrected chi connectivity index (χ3v) is 3.24. The van der Waals surface area contributed by atoms with Crippen LogP contribution in [-0.4, -0.2) is 43.1 Å². The maximum atomic E-state index is 5.68. The van der Waals surface area contributed by atoms with Crippen molar-refractivity contribution in [2.24, 2.45) is 0 Å². The zero-order chi connectivity index (χ0) is 10.9. The second-order valence-corrected chi connectivity index (χ2v) is 4.65. The maximum Gasteiger partial charge on any atom is 0.0702 e. The Hall–Kier alpha value is 0.210. The van der Waals surface area contributed by atoms with Crippen molar-refractivity contribution in [2.75, 3.05) is 32.1 Å². The average Bonchev–Trinajstić information content (AvgIpc) is 2.26. The van der Waals surface area contributed by atoms with Crippen LogP contribution < -0.4 is 0 Å². The Labute approximate surface area is 98.9 Å². The molecule has 15 heavy (non-hydrogen) atoms. The first kappa shape index (κ1) is 13.3. The Morgan fingerprint density at radius 2 is 2.20 bits per heavy atom. The van der Waals surface area contributed by atoms with E-state index in [1.54, 1.807) is 0 Å². The first-order valence-electron chi connectivity index (χ1n) is 6.26. The smallest absolute Gasteiger partial charge is 0.0702 e. The van der Waals surface area contributed by atoms with E-state index in [4.69, 9.17) is 16.3 Å². The zero-order valence-corrected chi connectivity index (χ0v) is 10.6. The molecule has 1 fully saturated rings. The van der Waals surface area contributed by atoms with Gasteiger partial charge in [0.15, 0.2) is 0 Å². The molecule has 2 nitrogen and oxygen atoms in total. The van der Waals surface area contributed by atoms with Crippen molar-refractivity contribution in [3.8, 4) is 0 Å². The molecule has 0 bridgehead atoms. The summed E-state index contributed by atoms with van der Waals surface area (Å²) in [5.41, 5.74) is 0. The van der Waals surface area contributed by atoms with Crippen LogP contribution >= 0.6 is 11.6 Å². The van der Waals surface area contributed by atoms with Crippen LogP contribution in [0.2, 0.25) is 0 Å². The molecular weight excluding hydrogens is 210 g/mol. The minimum atomic E-state index is 0.483. The second-order valence-electron chi connectivity index (χ2n) is 4.27. The summed E-state index contributed by atoms with van der Waals surface area (Å²) in [5.74, 6) is 0.807. The van der Waals surface area contributed by atoms with Crippen molar-refractivity contribution in [3.05, 3.63) is 0 Å². The summed E-state index contributed by atoms with van der Waals surface area (Å²) in [6.07, 6.45) is 6.72. The molecule has 1 rings (SSSR count). The summed E-state index contributed by atoms with van der Waals surface area (Å²) in [6, 6.07) is 0. The van der Waals surface area contributed by atoms with Gasteiger partial charge in [-0.3, -0.25) is 0 Å². The zero-order valence-electron chi connectivity index (χ0n) is 9.88. The standard InChI is InChI=1S/C12H24ClNO/c1-2-15-12-7-6-10-14(11-12)9-5-3-4-8-13/h12H,2-11H2,1H3. The molecule has 1 atom stereocenters. The van der Waals surface area contributed by atoms with E-state index in [9.17, 15) is 0 Å². The predicted octanol–water partition coefficient (Wildman–Crippen LogP) is 2.90. The molecule has 0 aromatic carbocycles. The van der Waals surface area contributed by atoms with E-state index in [0.717, 1.165) is 25.5 Å². The molecule has 0 aromatic heterocycles. The van der Waals surface area contributed by atoms with Crippen molar-refractivity contribution >= 4 is 11.6 Å². The highest BCUT2D eigenvalue weighted by atomic mass is 35.5. The number of likely N-dealkylation sites (tertiary alicyclic amines) is 1. The highest BCUT2D eigenvalue weighted by molar-refractivity contribution is 6.17. The van der Waals surface area contributed by atoms with Gasteiger partial charge in [-0.1, -0.05) is 6.42 Å². The monoisotopic (exact) mass is 233 g/mol. The molecule has 3 heteroatoms. The van der Waals surface area contributed by atoms with Crippen LogP contribution in [0.1, 0.15) is 39.0 Å². The fourth-order valence-electron chi connectivity index (χ4n) is 2.19. The molecule has 1 aliphatic heterocycles. The number of nitrogens with zero attached hydrogens (tertiary/aromatic N) is 1. The van der Waals surface area contributed by atoms with Crippen molar-refractivity contribution < 1.29 is 4.74 Å². The second kappa shape index (κ2) is 8.37. The van der Waals surface area contributed by atoms with Crippen LogP contribution in [-0.2, 0) is 4.74 Å². The molecule has 0 N–H and O–H groups in total. The van der Waals surface area contributed by atoms with Gasteiger partial charge in [0, 0.05) is 19.0 Å². The molecule has 0 aromatic rings. The molecule has 1 unspecified atom stereocenters. The van der Waals surface area contributed by atoms with Gasteiger partial charge in [0.1, 0.15) is 0 Å². The highest BCUT2D eigenvalue weighted by Gasteiger charge is 2.18. The van der Waals surface area contributed by atoms with Gasteiger partial charge in [0.2, 0.25) is 0 Å². The van der Waals surface area contributed by atoms with Gasteiger partial charge in [-0.2, -0.15) is 0 Å². The Morgan fingerprint density at radius 3 is 2.93 bits per heavy atom. The fraction of sp³-hybridized carbons (Fsp3) is 1.00. The molecule has 0 spiro atoms. The number of ether oxygens (including phenoxy) is 1. The first-order chi connectivity index (χ1) is 7.36. The fourth-order valence-corrected chi connectivity index (χ4v) is 2.38. The Balaban J connectivity index is 2.07. The number of hydrogen-bond acceptors (Lipinski definition) is 2. The van der Waals surface area contributed by atoms with Crippen LogP contribution in [0.3, 0.4) is 0 Å². The summed E-state index contributed by atoms with van der Waals surface area (Å²) in [4.78, 5) is 2.54. The molecule has 1 aliphatic rings. The molecule has 0 amide bonds.